The van der Waals surface area contributed by atoms with Gasteiger partial charge in [-0.15, -0.1) is 0 Å². The predicted octanol–water partition coefficient (Wildman–Crippen LogP) is 3.12. The van der Waals surface area contributed by atoms with Crippen LogP contribution in [0.25, 0.3) is 11.1 Å². The molecule has 0 fully saturated rings. The Morgan fingerprint density at radius 3 is 1.94 bits per heavy atom. The molecule has 0 radical (unpaired) electrons. The zero-order valence-corrected chi connectivity index (χ0v) is 10.9. The minimum atomic E-state index is 0.893. The maximum Gasteiger partial charge on any atom is 0.118 e. The molecule has 0 saturated carbocycles. The van der Waals surface area contributed by atoms with E-state index >= 15 is 0 Å². The van der Waals surface area contributed by atoms with Gasteiger partial charge >= 0.3 is 0 Å². The van der Waals surface area contributed by atoms with E-state index in [0.29, 0.717) is 0 Å². The minimum absolute atomic E-state index is 0.893. The van der Waals surface area contributed by atoms with Crippen LogP contribution in [0.3, 0.4) is 0 Å². The van der Waals surface area contributed by atoms with Crippen LogP contribution >= 0.6 is 0 Å². The van der Waals surface area contributed by atoms with Crippen LogP contribution in [0.1, 0.15) is 5.56 Å². The fourth-order valence-electron chi connectivity index (χ4n) is 1.92. The standard InChI is InChI=1S/C16H19NO/c1-17-12-11-13-3-5-14(6-4-13)15-7-9-16(18-2)10-8-15/h3-10,17H,11-12H2,1-2H3. The van der Waals surface area contributed by atoms with Gasteiger partial charge in [-0.05, 0) is 48.8 Å². The smallest absolute Gasteiger partial charge is 0.118 e. The van der Waals surface area contributed by atoms with Crippen molar-refractivity contribution >= 4 is 0 Å². The molecule has 0 heterocycles. The van der Waals surface area contributed by atoms with Crippen molar-refractivity contribution in [2.24, 2.45) is 0 Å². The number of rotatable bonds is 5. The molecule has 0 aliphatic rings. The summed E-state index contributed by atoms with van der Waals surface area (Å²) in [5.74, 6) is 0.893. The third-order valence-corrected chi connectivity index (χ3v) is 3.04. The molecule has 0 aliphatic heterocycles. The molecule has 2 heteroatoms. The van der Waals surface area contributed by atoms with Crippen molar-refractivity contribution in [2.45, 2.75) is 6.42 Å². The van der Waals surface area contributed by atoms with E-state index in [1.165, 1.54) is 16.7 Å². The first-order chi connectivity index (χ1) is 8.83. The van der Waals surface area contributed by atoms with Gasteiger partial charge in [0.05, 0.1) is 7.11 Å². The van der Waals surface area contributed by atoms with Crippen LogP contribution in [-0.4, -0.2) is 20.7 Å². The monoisotopic (exact) mass is 241 g/mol. The lowest BCUT2D eigenvalue weighted by Gasteiger charge is -2.05. The van der Waals surface area contributed by atoms with Crippen LogP contribution in [0, 0.1) is 0 Å². The molecule has 0 bridgehead atoms. The Morgan fingerprint density at radius 1 is 0.889 bits per heavy atom. The zero-order chi connectivity index (χ0) is 12.8. The van der Waals surface area contributed by atoms with Gasteiger partial charge in [-0.3, -0.25) is 0 Å². The van der Waals surface area contributed by atoms with E-state index in [1.807, 2.05) is 19.2 Å². The van der Waals surface area contributed by atoms with E-state index in [1.54, 1.807) is 7.11 Å². The molecule has 2 rings (SSSR count). The molecule has 0 amide bonds. The van der Waals surface area contributed by atoms with E-state index < -0.39 is 0 Å². The fraction of sp³-hybridized carbons (Fsp3) is 0.250. The van der Waals surface area contributed by atoms with E-state index in [2.05, 4.69) is 41.7 Å². The van der Waals surface area contributed by atoms with Gasteiger partial charge < -0.3 is 10.1 Å². The zero-order valence-electron chi connectivity index (χ0n) is 10.9. The number of benzene rings is 2. The van der Waals surface area contributed by atoms with Crippen molar-refractivity contribution in [1.82, 2.24) is 5.32 Å². The first kappa shape index (κ1) is 12.7. The highest BCUT2D eigenvalue weighted by Crippen LogP contribution is 2.22. The summed E-state index contributed by atoms with van der Waals surface area (Å²) in [7, 11) is 3.66. The molecule has 2 aromatic rings. The van der Waals surface area contributed by atoms with Crippen LogP contribution in [0.5, 0.6) is 5.75 Å². The van der Waals surface area contributed by atoms with E-state index in [4.69, 9.17) is 4.74 Å². The Kier molecular flexibility index (Phi) is 4.37. The van der Waals surface area contributed by atoms with Gasteiger partial charge in [0.25, 0.3) is 0 Å². The van der Waals surface area contributed by atoms with Gasteiger partial charge in [-0.25, -0.2) is 0 Å². The van der Waals surface area contributed by atoms with E-state index in [0.717, 1.165) is 18.7 Å². The first-order valence-corrected chi connectivity index (χ1v) is 6.21. The summed E-state index contributed by atoms with van der Waals surface area (Å²) in [6.45, 7) is 1.02. The van der Waals surface area contributed by atoms with Crippen LogP contribution in [0.4, 0.5) is 0 Å². The number of methoxy groups -OCH3 is 1. The van der Waals surface area contributed by atoms with Gasteiger partial charge in [0.2, 0.25) is 0 Å². The summed E-state index contributed by atoms with van der Waals surface area (Å²) >= 11 is 0. The molecule has 0 atom stereocenters. The van der Waals surface area contributed by atoms with Crippen LogP contribution in [0.15, 0.2) is 48.5 Å². The Bertz CT molecular complexity index is 473. The van der Waals surface area contributed by atoms with Crippen molar-refractivity contribution in [1.29, 1.82) is 0 Å². The van der Waals surface area contributed by atoms with Gasteiger partial charge in [-0.2, -0.15) is 0 Å². The highest BCUT2D eigenvalue weighted by molar-refractivity contribution is 5.64. The fourth-order valence-corrected chi connectivity index (χ4v) is 1.92. The third kappa shape index (κ3) is 3.11. The quantitative estimate of drug-likeness (QED) is 0.868. The topological polar surface area (TPSA) is 21.3 Å². The lowest BCUT2D eigenvalue weighted by molar-refractivity contribution is 0.415. The van der Waals surface area contributed by atoms with Crippen molar-refractivity contribution in [2.75, 3.05) is 20.7 Å². The van der Waals surface area contributed by atoms with Crippen molar-refractivity contribution in [3.05, 3.63) is 54.1 Å². The Hall–Kier alpha value is -1.80. The SMILES string of the molecule is CNCCc1ccc(-c2ccc(OC)cc2)cc1. The third-order valence-electron chi connectivity index (χ3n) is 3.04. The number of ether oxygens (including phenoxy) is 1. The van der Waals surface area contributed by atoms with Crippen molar-refractivity contribution < 1.29 is 4.74 Å². The normalized spacial score (nSPS) is 10.3. The summed E-state index contributed by atoms with van der Waals surface area (Å²) in [6.07, 6.45) is 1.07. The Morgan fingerprint density at radius 2 is 1.44 bits per heavy atom. The van der Waals surface area contributed by atoms with E-state index in [9.17, 15) is 0 Å². The van der Waals surface area contributed by atoms with Crippen molar-refractivity contribution in [3.63, 3.8) is 0 Å². The maximum absolute atomic E-state index is 5.16. The lowest BCUT2D eigenvalue weighted by atomic mass is 10.0. The molecule has 2 aromatic carbocycles. The molecular formula is C16H19NO. The number of hydrogen-bond acceptors (Lipinski definition) is 2. The van der Waals surface area contributed by atoms with Gasteiger partial charge in [0.1, 0.15) is 5.75 Å². The van der Waals surface area contributed by atoms with Crippen LogP contribution in [0.2, 0.25) is 0 Å². The molecule has 18 heavy (non-hydrogen) atoms. The Labute approximate surface area is 109 Å². The number of likely N-dealkylation sites (N-methyl/N-ethyl adjacent to an activating group) is 1. The average Bonchev–Trinajstić information content (AvgIpc) is 2.46. The second kappa shape index (κ2) is 6.22. The second-order valence-corrected chi connectivity index (χ2v) is 4.28. The summed E-state index contributed by atoms with van der Waals surface area (Å²) in [5, 5.41) is 3.16. The molecule has 0 aromatic heterocycles. The number of nitrogens with one attached hydrogen (secondary N) is 1. The summed E-state index contributed by atoms with van der Waals surface area (Å²) in [6, 6.07) is 16.9. The summed E-state index contributed by atoms with van der Waals surface area (Å²) in [5.41, 5.74) is 3.82. The lowest BCUT2D eigenvalue weighted by Crippen LogP contribution is -2.10. The van der Waals surface area contributed by atoms with E-state index in [-0.39, 0.29) is 0 Å². The van der Waals surface area contributed by atoms with Crippen LogP contribution in [-0.2, 0) is 6.42 Å². The first-order valence-electron chi connectivity index (χ1n) is 6.21. The molecule has 0 spiro atoms. The second-order valence-electron chi connectivity index (χ2n) is 4.28. The average molecular weight is 241 g/mol. The molecule has 0 unspecified atom stereocenters. The molecule has 2 nitrogen and oxygen atoms in total. The highest BCUT2D eigenvalue weighted by atomic mass is 16.5. The Balaban J connectivity index is 2.12. The summed E-state index contributed by atoms with van der Waals surface area (Å²) < 4.78 is 5.16. The van der Waals surface area contributed by atoms with Gasteiger partial charge in [0, 0.05) is 0 Å². The maximum atomic E-state index is 5.16. The highest BCUT2D eigenvalue weighted by Gasteiger charge is 1.99. The molecule has 1 N–H and O–H groups in total. The molecule has 94 valence electrons. The summed E-state index contributed by atoms with van der Waals surface area (Å²) in [4.78, 5) is 0. The van der Waals surface area contributed by atoms with Gasteiger partial charge in [-0.1, -0.05) is 36.4 Å². The largest absolute Gasteiger partial charge is 0.497 e. The number of hydrogen-bond donors (Lipinski definition) is 1. The minimum Gasteiger partial charge on any atom is -0.497 e. The molecule has 0 saturated heterocycles. The predicted molar refractivity (Wildman–Crippen MR) is 76.1 cm³/mol. The van der Waals surface area contributed by atoms with Crippen molar-refractivity contribution in [3.8, 4) is 16.9 Å². The molecular weight excluding hydrogens is 222 g/mol. The molecule has 0 aliphatic carbocycles. The van der Waals surface area contributed by atoms with Gasteiger partial charge in [0.15, 0.2) is 0 Å². The van der Waals surface area contributed by atoms with Crippen LogP contribution < -0.4 is 10.1 Å².